The quantitative estimate of drug-likeness (QED) is 0.763. The molecule has 2 heteroatoms. The van der Waals surface area contributed by atoms with Gasteiger partial charge in [-0.1, -0.05) is 39.8 Å². The van der Waals surface area contributed by atoms with Crippen molar-refractivity contribution >= 4 is 11.4 Å². The Hall–Kier alpha value is -1.18. The Morgan fingerprint density at radius 3 is 2.19 bits per heavy atom. The molecule has 0 saturated heterocycles. The van der Waals surface area contributed by atoms with Gasteiger partial charge in [-0.05, 0) is 28.9 Å². The Labute approximate surface area is 98.2 Å². The zero-order valence-electron chi connectivity index (χ0n) is 10.7. The molecule has 0 atom stereocenters. The Morgan fingerprint density at radius 2 is 1.69 bits per heavy atom. The summed E-state index contributed by atoms with van der Waals surface area (Å²) in [5.74, 6) is 0.722. The highest BCUT2D eigenvalue weighted by molar-refractivity contribution is 5.65. The van der Waals surface area contributed by atoms with Crippen LogP contribution in [0.25, 0.3) is 0 Å². The lowest BCUT2D eigenvalue weighted by molar-refractivity contribution is 0.457. The molecule has 1 aromatic carbocycles. The van der Waals surface area contributed by atoms with Gasteiger partial charge in [0.2, 0.25) is 0 Å². The Morgan fingerprint density at radius 1 is 1.12 bits per heavy atom. The molecule has 0 amide bonds. The fourth-order valence-electron chi connectivity index (χ4n) is 2.71. The first-order chi connectivity index (χ1) is 7.37. The second-order valence-electron chi connectivity index (χ2n) is 5.96. The molecule has 0 radical (unpaired) electrons. The molecule has 88 valence electrons. The lowest BCUT2D eigenvalue weighted by Gasteiger charge is -2.09. The van der Waals surface area contributed by atoms with Crippen LogP contribution in [0.4, 0.5) is 11.4 Å². The van der Waals surface area contributed by atoms with Crippen molar-refractivity contribution in [2.24, 2.45) is 16.7 Å². The van der Waals surface area contributed by atoms with Gasteiger partial charge in [0.05, 0.1) is 11.4 Å². The monoisotopic (exact) mass is 218 g/mol. The van der Waals surface area contributed by atoms with Crippen LogP contribution in [0.3, 0.4) is 0 Å². The average molecular weight is 218 g/mol. The zero-order chi connectivity index (χ0) is 12.0. The highest BCUT2D eigenvalue weighted by atomic mass is 14.9. The Bertz CT molecular complexity index is 379. The smallest absolute Gasteiger partial charge is 0.0574 e. The molecular formula is C14H22N2. The van der Waals surface area contributed by atoms with E-state index in [0.29, 0.717) is 10.8 Å². The van der Waals surface area contributed by atoms with Crippen molar-refractivity contribution in [2.45, 2.75) is 27.7 Å². The summed E-state index contributed by atoms with van der Waals surface area (Å²) in [5.41, 5.74) is 8.66. The third-order valence-electron chi connectivity index (χ3n) is 4.78. The number of para-hydroxylation sites is 2. The highest BCUT2D eigenvalue weighted by Crippen LogP contribution is 2.68. The average Bonchev–Trinajstić information content (AvgIpc) is 2.58. The summed E-state index contributed by atoms with van der Waals surface area (Å²) in [6, 6.07) is 7.95. The second-order valence-corrected chi connectivity index (χ2v) is 5.96. The molecule has 0 bridgehead atoms. The standard InChI is InChI=1S/C14H22N2/c1-13(2)12(14(13,3)4)9-16-11-8-6-5-7-10(11)15/h5-8,12,16H,9,15H2,1-4H3. The maximum absolute atomic E-state index is 5.90. The van der Waals surface area contributed by atoms with Crippen LogP contribution in [0.2, 0.25) is 0 Å². The molecule has 0 spiro atoms. The van der Waals surface area contributed by atoms with Crippen molar-refractivity contribution in [1.29, 1.82) is 0 Å². The predicted molar refractivity (Wildman–Crippen MR) is 70.4 cm³/mol. The van der Waals surface area contributed by atoms with E-state index < -0.39 is 0 Å². The minimum absolute atomic E-state index is 0.434. The number of nitrogen functional groups attached to an aromatic ring is 1. The summed E-state index contributed by atoms with van der Waals surface area (Å²) in [7, 11) is 0. The second kappa shape index (κ2) is 3.41. The van der Waals surface area contributed by atoms with Crippen LogP contribution in [-0.2, 0) is 0 Å². The number of hydrogen-bond donors (Lipinski definition) is 2. The summed E-state index contributed by atoms with van der Waals surface area (Å²) in [5, 5.41) is 3.46. The van der Waals surface area contributed by atoms with Gasteiger partial charge in [0, 0.05) is 6.54 Å². The number of rotatable bonds is 3. The molecule has 1 aliphatic rings. The van der Waals surface area contributed by atoms with Crippen LogP contribution >= 0.6 is 0 Å². The summed E-state index contributed by atoms with van der Waals surface area (Å²) < 4.78 is 0. The summed E-state index contributed by atoms with van der Waals surface area (Å²) in [6.45, 7) is 10.4. The van der Waals surface area contributed by atoms with E-state index in [1.807, 2.05) is 24.3 Å². The Balaban J connectivity index is 1.98. The first-order valence-electron chi connectivity index (χ1n) is 5.96. The van der Waals surface area contributed by atoms with Crippen molar-refractivity contribution in [3.8, 4) is 0 Å². The number of anilines is 2. The van der Waals surface area contributed by atoms with Gasteiger partial charge in [0.15, 0.2) is 0 Å². The third-order valence-corrected chi connectivity index (χ3v) is 4.78. The van der Waals surface area contributed by atoms with E-state index in [9.17, 15) is 0 Å². The van der Waals surface area contributed by atoms with Gasteiger partial charge in [-0.2, -0.15) is 0 Å². The molecule has 16 heavy (non-hydrogen) atoms. The van der Waals surface area contributed by atoms with Crippen LogP contribution in [0, 0.1) is 16.7 Å². The van der Waals surface area contributed by atoms with E-state index in [1.165, 1.54) is 0 Å². The minimum atomic E-state index is 0.434. The molecule has 2 nitrogen and oxygen atoms in total. The maximum atomic E-state index is 5.90. The molecule has 1 saturated carbocycles. The van der Waals surface area contributed by atoms with E-state index in [1.54, 1.807) is 0 Å². The van der Waals surface area contributed by atoms with Crippen molar-refractivity contribution < 1.29 is 0 Å². The lowest BCUT2D eigenvalue weighted by atomic mass is 10.0. The number of benzene rings is 1. The van der Waals surface area contributed by atoms with E-state index in [-0.39, 0.29) is 0 Å². The minimum Gasteiger partial charge on any atom is -0.397 e. The first kappa shape index (κ1) is 11.3. The summed E-state index contributed by atoms with van der Waals surface area (Å²) in [4.78, 5) is 0. The fraction of sp³-hybridized carbons (Fsp3) is 0.571. The van der Waals surface area contributed by atoms with Crippen LogP contribution in [0.5, 0.6) is 0 Å². The molecule has 1 aliphatic carbocycles. The van der Waals surface area contributed by atoms with Gasteiger partial charge >= 0.3 is 0 Å². The fourth-order valence-corrected chi connectivity index (χ4v) is 2.71. The molecule has 3 N–H and O–H groups in total. The van der Waals surface area contributed by atoms with Crippen LogP contribution < -0.4 is 11.1 Å². The van der Waals surface area contributed by atoms with Crippen molar-refractivity contribution in [3.05, 3.63) is 24.3 Å². The highest BCUT2D eigenvalue weighted by Gasteiger charge is 2.63. The normalized spacial score (nSPS) is 21.8. The molecular weight excluding hydrogens is 196 g/mol. The molecule has 0 aliphatic heterocycles. The molecule has 2 rings (SSSR count). The molecule has 1 aromatic rings. The van der Waals surface area contributed by atoms with Gasteiger partial charge in [-0.3, -0.25) is 0 Å². The van der Waals surface area contributed by atoms with Gasteiger partial charge < -0.3 is 11.1 Å². The largest absolute Gasteiger partial charge is 0.397 e. The molecule has 0 aromatic heterocycles. The van der Waals surface area contributed by atoms with Gasteiger partial charge in [-0.15, -0.1) is 0 Å². The molecule has 0 heterocycles. The van der Waals surface area contributed by atoms with Gasteiger partial charge in [0.1, 0.15) is 0 Å². The van der Waals surface area contributed by atoms with Crippen LogP contribution in [0.1, 0.15) is 27.7 Å². The number of hydrogen-bond acceptors (Lipinski definition) is 2. The summed E-state index contributed by atoms with van der Waals surface area (Å²) in [6.07, 6.45) is 0. The molecule has 0 unspecified atom stereocenters. The maximum Gasteiger partial charge on any atom is 0.0574 e. The first-order valence-corrected chi connectivity index (χ1v) is 5.96. The van der Waals surface area contributed by atoms with Crippen LogP contribution in [-0.4, -0.2) is 6.54 Å². The SMILES string of the molecule is CC1(C)C(CNc2ccccc2N)C1(C)C. The van der Waals surface area contributed by atoms with E-state index in [2.05, 4.69) is 33.0 Å². The van der Waals surface area contributed by atoms with E-state index in [0.717, 1.165) is 23.8 Å². The van der Waals surface area contributed by atoms with Crippen molar-refractivity contribution in [3.63, 3.8) is 0 Å². The molecule has 1 fully saturated rings. The summed E-state index contributed by atoms with van der Waals surface area (Å²) >= 11 is 0. The van der Waals surface area contributed by atoms with Gasteiger partial charge in [-0.25, -0.2) is 0 Å². The third kappa shape index (κ3) is 1.57. The predicted octanol–water partition coefficient (Wildman–Crippen LogP) is 3.36. The van der Waals surface area contributed by atoms with E-state index in [4.69, 9.17) is 5.73 Å². The van der Waals surface area contributed by atoms with Crippen molar-refractivity contribution in [1.82, 2.24) is 0 Å². The van der Waals surface area contributed by atoms with Crippen LogP contribution in [0.15, 0.2) is 24.3 Å². The lowest BCUT2D eigenvalue weighted by Crippen LogP contribution is -2.09. The van der Waals surface area contributed by atoms with Crippen molar-refractivity contribution in [2.75, 3.05) is 17.6 Å². The van der Waals surface area contributed by atoms with E-state index >= 15 is 0 Å². The number of nitrogens with one attached hydrogen (secondary N) is 1. The topological polar surface area (TPSA) is 38.0 Å². The zero-order valence-corrected chi connectivity index (χ0v) is 10.7. The van der Waals surface area contributed by atoms with Gasteiger partial charge in [0.25, 0.3) is 0 Å². The number of nitrogens with two attached hydrogens (primary N) is 1. The Kier molecular flexibility index (Phi) is 2.41.